The molecule has 1 heterocycles. The Kier molecular flexibility index (Phi) is 4.80. The molecule has 1 aromatic carbocycles. The smallest absolute Gasteiger partial charge is 0.339 e. The first-order chi connectivity index (χ1) is 10.1. The first-order valence-electron chi connectivity index (χ1n) is 7.06. The molecule has 0 saturated heterocycles. The van der Waals surface area contributed by atoms with Crippen LogP contribution in [0, 0.1) is 5.92 Å². The summed E-state index contributed by atoms with van der Waals surface area (Å²) in [6.45, 7) is 3.16. The minimum Gasteiger partial charge on any atom is -0.489 e. The molecule has 6 heteroatoms. The van der Waals surface area contributed by atoms with E-state index in [0.717, 1.165) is 12.8 Å². The Bertz CT molecular complexity index is 544. The lowest BCUT2D eigenvalue weighted by atomic mass is 10.0. The average molecular weight is 292 g/mol. The highest BCUT2D eigenvalue weighted by molar-refractivity contribution is 6.00. The van der Waals surface area contributed by atoms with Gasteiger partial charge in [-0.3, -0.25) is 4.79 Å². The monoisotopic (exact) mass is 292 g/mol. The van der Waals surface area contributed by atoms with E-state index in [4.69, 9.17) is 10.5 Å². The number of ether oxygens (including phenoxy) is 1. The summed E-state index contributed by atoms with van der Waals surface area (Å²) in [5.41, 5.74) is 6.09. The summed E-state index contributed by atoms with van der Waals surface area (Å²) in [7, 11) is 0. The molecule has 0 spiro atoms. The van der Waals surface area contributed by atoms with Crippen LogP contribution < -0.4 is 15.4 Å². The lowest BCUT2D eigenvalue weighted by Gasteiger charge is -2.32. The lowest BCUT2D eigenvalue weighted by Crippen LogP contribution is -2.41. The van der Waals surface area contributed by atoms with Gasteiger partial charge in [-0.25, -0.2) is 4.79 Å². The first kappa shape index (κ1) is 15.3. The molecule has 1 aliphatic rings. The van der Waals surface area contributed by atoms with Crippen LogP contribution in [0.3, 0.4) is 0 Å². The SMILES string of the molecule is CC(CCCN)C(=O)N1CCOc2c(C(=O)O)cccc21. The predicted octanol–water partition coefficient (Wildman–Crippen LogP) is 1.49. The molecule has 6 nitrogen and oxygen atoms in total. The van der Waals surface area contributed by atoms with Crippen LogP contribution in [0.25, 0.3) is 0 Å². The topological polar surface area (TPSA) is 92.9 Å². The minimum atomic E-state index is -1.06. The van der Waals surface area contributed by atoms with Crippen LogP contribution in [0.4, 0.5) is 5.69 Å². The molecule has 21 heavy (non-hydrogen) atoms. The van der Waals surface area contributed by atoms with E-state index in [0.29, 0.717) is 25.4 Å². The van der Waals surface area contributed by atoms with Gasteiger partial charge in [0.1, 0.15) is 12.2 Å². The van der Waals surface area contributed by atoms with Crippen molar-refractivity contribution in [3.8, 4) is 5.75 Å². The predicted molar refractivity (Wildman–Crippen MR) is 78.7 cm³/mol. The largest absolute Gasteiger partial charge is 0.489 e. The van der Waals surface area contributed by atoms with E-state index in [1.165, 1.54) is 6.07 Å². The van der Waals surface area contributed by atoms with Crippen molar-refractivity contribution in [1.82, 2.24) is 0 Å². The van der Waals surface area contributed by atoms with Crippen LogP contribution >= 0.6 is 0 Å². The molecule has 0 aliphatic carbocycles. The molecule has 1 aliphatic heterocycles. The summed E-state index contributed by atoms with van der Waals surface area (Å²) in [6, 6.07) is 4.82. The van der Waals surface area contributed by atoms with E-state index in [-0.39, 0.29) is 23.1 Å². The Labute approximate surface area is 123 Å². The molecular formula is C15H20N2O4. The quantitative estimate of drug-likeness (QED) is 0.857. The normalized spacial score (nSPS) is 15.0. The van der Waals surface area contributed by atoms with E-state index in [1.807, 2.05) is 6.92 Å². The zero-order chi connectivity index (χ0) is 15.4. The molecule has 1 amide bonds. The zero-order valence-corrected chi connectivity index (χ0v) is 12.0. The molecule has 0 bridgehead atoms. The Morgan fingerprint density at radius 3 is 2.90 bits per heavy atom. The summed E-state index contributed by atoms with van der Waals surface area (Å²) in [6.07, 6.45) is 1.51. The second-order valence-corrected chi connectivity index (χ2v) is 5.13. The maximum atomic E-state index is 12.5. The van der Waals surface area contributed by atoms with Gasteiger partial charge < -0.3 is 20.5 Å². The average Bonchev–Trinajstić information content (AvgIpc) is 2.50. The van der Waals surface area contributed by atoms with Gasteiger partial charge in [0.05, 0.1) is 12.2 Å². The van der Waals surface area contributed by atoms with E-state index < -0.39 is 5.97 Å². The fraction of sp³-hybridized carbons (Fsp3) is 0.467. The summed E-state index contributed by atoms with van der Waals surface area (Å²) in [5.74, 6) is -0.948. The molecule has 114 valence electrons. The van der Waals surface area contributed by atoms with E-state index >= 15 is 0 Å². The first-order valence-corrected chi connectivity index (χ1v) is 7.06. The lowest BCUT2D eigenvalue weighted by molar-refractivity contribution is -0.122. The van der Waals surface area contributed by atoms with Crippen molar-refractivity contribution in [2.24, 2.45) is 11.7 Å². The number of carbonyl (C=O) groups is 2. The Morgan fingerprint density at radius 1 is 1.48 bits per heavy atom. The second-order valence-electron chi connectivity index (χ2n) is 5.13. The number of para-hydroxylation sites is 1. The molecular weight excluding hydrogens is 272 g/mol. The van der Waals surface area contributed by atoms with Crippen LogP contribution in [-0.4, -0.2) is 36.7 Å². The molecule has 1 atom stereocenters. The number of amides is 1. The molecule has 0 fully saturated rings. The standard InChI is InChI=1S/C15H20N2O4/c1-10(4-3-7-16)14(18)17-8-9-21-13-11(15(19)20)5-2-6-12(13)17/h2,5-6,10H,3-4,7-9,16H2,1H3,(H,19,20). The minimum absolute atomic E-state index is 0.0180. The number of hydrogen-bond acceptors (Lipinski definition) is 4. The van der Waals surface area contributed by atoms with Gasteiger partial charge in [-0.1, -0.05) is 13.0 Å². The summed E-state index contributed by atoms with van der Waals surface area (Å²) in [5, 5.41) is 9.19. The van der Waals surface area contributed by atoms with Gasteiger partial charge in [0.15, 0.2) is 5.75 Å². The fourth-order valence-corrected chi connectivity index (χ4v) is 2.46. The molecule has 3 N–H and O–H groups in total. The summed E-state index contributed by atoms with van der Waals surface area (Å²) >= 11 is 0. The third kappa shape index (κ3) is 3.16. The van der Waals surface area contributed by atoms with Crippen molar-refractivity contribution in [2.45, 2.75) is 19.8 Å². The fourth-order valence-electron chi connectivity index (χ4n) is 2.46. The van der Waals surface area contributed by atoms with Gasteiger partial charge in [0.25, 0.3) is 0 Å². The zero-order valence-electron chi connectivity index (χ0n) is 12.0. The number of anilines is 1. The van der Waals surface area contributed by atoms with Crippen molar-refractivity contribution in [3.63, 3.8) is 0 Å². The highest BCUT2D eigenvalue weighted by Crippen LogP contribution is 2.35. The van der Waals surface area contributed by atoms with Gasteiger partial charge >= 0.3 is 5.97 Å². The van der Waals surface area contributed by atoms with Gasteiger partial charge in [-0.15, -0.1) is 0 Å². The number of carbonyl (C=O) groups excluding carboxylic acids is 1. The van der Waals surface area contributed by atoms with Gasteiger partial charge in [0.2, 0.25) is 5.91 Å². The number of aromatic carboxylic acids is 1. The van der Waals surface area contributed by atoms with Crippen LogP contribution in [0.15, 0.2) is 18.2 Å². The van der Waals surface area contributed by atoms with Crippen molar-refractivity contribution < 1.29 is 19.4 Å². The van der Waals surface area contributed by atoms with Crippen molar-refractivity contribution in [3.05, 3.63) is 23.8 Å². The number of rotatable bonds is 5. The molecule has 1 unspecified atom stereocenters. The van der Waals surface area contributed by atoms with Crippen molar-refractivity contribution in [2.75, 3.05) is 24.6 Å². The number of carboxylic acid groups (broad SMARTS) is 1. The molecule has 0 saturated carbocycles. The van der Waals surface area contributed by atoms with Crippen molar-refractivity contribution in [1.29, 1.82) is 0 Å². The highest BCUT2D eigenvalue weighted by Gasteiger charge is 2.29. The molecule has 2 rings (SSSR count). The second kappa shape index (κ2) is 6.58. The van der Waals surface area contributed by atoms with E-state index in [2.05, 4.69) is 0 Å². The Morgan fingerprint density at radius 2 is 2.24 bits per heavy atom. The summed E-state index contributed by atoms with van der Waals surface area (Å²) in [4.78, 5) is 25.4. The van der Waals surface area contributed by atoms with Gasteiger partial charge in [-0.05, 0) is 31.5 Å². The van der Waals surface area contributed by atoms with E-state index in [1.54, 1.807) is 17.0 Å². The number of nitrogens with two attached hydrogens (primary N) is 1. The number of fused-ring (bicyclic) bond motifs is 1. The Balaban J connectivity index is 2.28. The number of benzene rings is 1. The molecule has 0 aromatic heterocycles. The molecule has 1 aromatic rings. The summed E-state index contributed by atoms with van der Waals surface area (Å²) < 4.78 is 5.46. The van der Waals surface area contributed by atoms with Gasteiger partial charge in [0, 0.05) is 5.92 Å². The number of carboxylic acids is 1. The Hall–Kier alpha value is -2.08. The van der Waals surface area contributed by atoms with E-state index in [9.17, 15) is 14.7 Å². The third-order valence-electron chi connectivity index (χ3n) is 3.61. The highest BCUT2D eigenvalue weighted by atomic mass is 16.5. The molecule has 0 radical (unpaired) electrons. The maximum absolute atomic E-state index is 12.5. The van der Waals surface area contributed by atoms with Crippen LogP contribution in [0.5, 0.6) is 5.75 Å². The van der Waals surface area contributed by atoms with Crippen molar-refractivity contribution >= 4 is 17.6 Å². The maximum Gasteiger partial charge on any atom is 0.339 e. The van der Waals surface area contributed by atoms with Gasteiger partial charge in [-0.2, -0.15) is 0 Å². The number of hydrogen-bond donors (Lipinski definition) is 2. The van der Waals surface area contributed by atoms with Crippen LogP contribution in [0.2, 0.25) is 0 Å². The van der Waals surface area contributed by atoms with Crippen LogP contribution in [0.1, 0.15) is 30.1 Å². The van der Waals surface area contributed by atoms with Crippen LogP contribution in [-0.2, 0) is 4.79 Å². The number of nitrogens with zero attached hydrogens (tertiary/aromatic N) is 1. The third-order valence-corrected chi connectivity index (χ3v) is 3.61.